The summed E-state index contributed by atoms with van der Waals surface area (Å²) in [7, 11) is 0. The predicted molar refractivity (Wildman–Crippen MR) is 97.8 cm³/mol. The van der Waals surface area contributed by atoms with Crippen molar-refractivity contribution < 1.29 is 19.2 Å². The minimum absolute atomic E-state index is 0.115. The van der Waals surface area contributed by atoms with Crippen molar-refractivity contribution in [3.05, 3.63) is 36.4 Å². The van der Waals surface area contributed by atoms with Gasteiger partial charge in [-0.05, 0) is 30.7 Å². The number of nitrogens with zero attached hydrogens (tertiary/aromatic N) is 2. The Balaban J connectivity index is 2.06. The number of amides is 5. The van der Waals surface area contributed by atoms with Crippen LogP contribution in [-0.2, 0) is 14.4 Å². The molecule has 1 aromatic carbocycles. The maximum Gasteiger partial charge on any atom is 0.331 e. The first-order chi connectivity index (χ1) is 12.3. The van der Waals surface area contributed by atoms with Crippen LogP contribution in [0.1, 0.15) is 18.9 Å². The molecule has 1 heterocycles. The minimum Gasteiger partial charge on any atom is -0.352 e. The summed E-state index contributed by atoms with van der Waals surface area (Å²) in [6.07, 6.45) is 1.26. The average molecular weight is 358 g/mol. The monoisotopic (exact) mass is 358 g/mol. The van der Waals surface area contributed by atoms with E-state index in [-0.39, 0.29) is 36.7 Å². The van der Waals surface area contributed by atoms with Crippen LogP contribution in [0.3, 0.4) is 0 Å². The molecular formula is C18H22N4O4. The van der Waals surface area contributed by atoms with Crippen LogP contribution in [0.4, 0.5) is 16.2 Å². The lowest BCUT2D eigenvalue weighted by Gasteiger charge is -2.20. The fourth-order valence-electron chi connectivity index (χ4n) is 2.69. The Morgan fingerprint density at radius 3 is 2.62 bits per heavy atom. The lowest BCUT2D eigenvalue weighted by molar-refractivity contribution is -0.125. The fraction of sp³-hybridized carbons (Fsp3) is 0.333. The number of carbonyl (C=O) groups is 4. The second kappa shape index (κ2) is 8.28. The largest absolute Gasteiger partial charge is 0.352 e. The summed E-state index contributed by atoms with van der Waals surface area (Å²) in [5, 5.41) is 5.31. The van der Waals surface area contributed by atoms with Crippen LogP contribution in [0, 0.1) is 6.92 Å². The Bertz CT molecular complexity index is 760. The van der Waals surface area contributed by atoms with E-state index < -0.39 is 0 Å². The van der Waals surface area contributed by atoms with E-state index in [9.17, 15) is 19.2 Å². The molecule has 1 aliphatic rings. The van der Waals surface area contributed by atoms with Gasteiger partial charge in [0.1, 0.15) is 0 Å². The van der Waals surface area contributed by atoms with E-state index in [0.29, 0.717) is 24.5 Å². The van der Waals surface area contributed by atoms with E-state index in [0.717, 1.165) is 11.6 Å². The lowest BCUT2D eigenvalue weighted by atomic mass is 10.1. The summed E-state index contributed by atoms with van der Waals surface area (Å²) in [5.74, 6) is -0.882. The summed E-state index contributed by atoms with van der Waals surface area (Å²) >= 11 is 0. The van der Waals surface area contributed by atoms with Gasteiger partial charge in [-0.3, -0.25) is 24.2 Å². The maximum atomic E-state index is 12.4. The topological polar surface area (TPSA) is 98.8 Å². The zero-order valence-electron chi connectivity index (χ0n) is 14.9. The Kier molecular flexibility index (Phi) is 6.11. The molecule has 0 spiro atoms. The van der Waals surface area contributed by atoms with Gasteiger partial charge >= 0.3 is 6.03 Å². The van der Waals surface area contributed by atoms with Gasteiger partial charge in [-0.25, -0.2) is 4.79 Å². The summed E-state index contributed by atoms with van der Waals surface area (Å²) in [6.45, 7) is 7.44. The minimum atomic E-state index is -0.365. The molecule has 1 saturated heterocycles. The number of nitrogens with one attached hydrogen (secondary N) is 2. The molecule has 1 aromatic rings. The van der Waals surface area contributed by atoms with E-state index in [1.165, 1.54) is 16.7 Å². The molecule has 0 bridgehead atoms. The first kappa shape index (κ1) is 19.2. The average Bonchev–Trinajstić information content (AvgIpc) is 2.98. The first-order valence-corrected chi connectivity index (χ1v) is 8.24. The fourth-order valence-corrected chi connectivity index (χ4v) is 2.69. The smallest absolute Gasteiger partial charge is 0.331 e. The molecule has 1 aliphatic heterocycles. The van der Waals surface area contributed by atoms with Crippen LogP contribution in [0.2, 0.25) is 0 Å². The normalized spacial score (nSPS) is 13.5. The summed E-state index contributed by atoms with van der Waals surface area (Å²) in [4.78, 5) is 49.7. The van der Waals surface area contributed by atoms with Crippen LogP contribution >= 0.6 is 0 Å². The third-order valence-electron chi connectivity index (χ3n) is 4.10. The maximum absolute atomic E-state index is 12.4. The van der Waals surface area contributed by atoms with Crippen LogP contribution in [0.15, 0.2) is 30.9 Å². The molecule has 8 nitrogen and oxygen atoms in total. The molecule has 2 N–H and O–H groups in total. The van der Waals surface area contributed by atoms with Crippen LogP contribution in [0.5, 0.6) is 0 Å². The van der Waals surface area contributed by atoms with Gasteiger partial charge in [-0.1, -0.05) is 12.6 Å². The van der Waals surface area contributed by atoms with Crippen molar-refractivity contribution in [3.8, 4) is 0 Å². The second-order valence-corrected chi connectivity index (χ2v) is 5.85. The van der Waals surface area contributed by atoms with Gasteiger partial charge < -0.3 is 10.6 Å². The van der Waals surface area contributed by atoms with Gasteiger partial charge in [-0.2, -0.15) is 0 Å². The zero-order chi connectivity index (χ0) is 19.3. The molecular weight excluding hydrogens is 336 g/mol. The highest BCUT2D eigenvalue weighted by atomic mass is 16.2. The highest BCUT2D eigenvalue weighted by Gasteiger charge is 2.33. The summed E-state index contributed by atoms with van der Waals surface area (Å²) in [6, 6.07) is 4.89. The summed E-state index contributed by atoms with van der Waals surface area (Å²) in [5.41, 5.74) is 1.96. The predicted octanol–water partition coefficient (Wildman–Crippen LogP) is 1.41. The van der Waals surface area contributed by atoms with E-state index in [4.69, 9.17) is 0 Å². The van der Waals surface area contributed by atoms with E-state index in [1.807, 2.05) is 0 Å². The summed E-state index contributed by atoms with van der Waals surface area (Å²) < 4.78 is 0. The number of anilines is 2. The van der Waals surface area contributed by atoms with Crippen molar-refractivity contribution in [2.75, 3.05) is 29.9 Å². The molecule has 0 saturated carbocycles. The van der Waals surface area contributed by atoms with Crippen molar-refractivity contribution in [3.63, 3.8) is 0 Å². The molecule has 0 unspecified atom stereocenters. The van der Waals surface area contributed by atoms with Gasteiger partial charge in [0.25, 0.3) is 0 Å². The van der Waals surface area contributed by atoms with E-state index in [2.05, 4.69) is 17.2 Å². The Morgan fingerprint density at radius 2 is 2.00 bits per heavy atom. The number of urea groups is 1. The zero-order valence-corrected chi connectivity index (χ0v) is 14.9. The molecule has 0 aliphatic carbocycles. The van der Waals surface area contributed by atoms with Gasteiger partial charge in [0, 0.05) is 38.7 Å². The molecule has 138 valence electrons. The first-order valence-electron chi connectivity index (χ1n) is 8.24. The van der Waals surface area contributed by atoms with Gasteiger partial charge in [0.05, 0.1) is 5.69 Å². The highest BCUT2D eigenvalue weighted by molar-refractivity contribution is 6.05. The SMILES string of the molecule is C=CC(=O)NCCC(=O)Nc1cccc(N2CCN(C(C)=O)C2=O)c1C. The lowest BCUT2D eigenvalue weighted by Crippen LogP contribution is -2.35. The van der Waals surface area contributed by atoms with Crippen molar-refractivity contribution in [2.45, 2.75) is 20.3 Å². The number of hydrogen-bond acceptors (Lipinski definition) is 4. The quantitative estimate of drug-likeness (QED) is 0.751. The number of carbonyl (C=O) groups excluding carboxylic acids is 4. The van der Waals surface area contributed by atoms with Crippen molar-refractivity contribution >= 4 is 35.1 Å². The van der Waals surface area contributed by atoms with Crippen LogP contribution < -0.4 is 15.5 Å². The Hall–Kier alpha value is -3.16. The number of imide groups is 1. The number of rotatable bonds is 6. The number of hydrogen-bond donors (Lipinski definition) is 2. The Labute approximate surface area is 151 Å². The molecule has 1 fully saturated rings. The van der Waals surface area contributed by atoms with Crippen molar-refractivity contribution in [2.24, 2.45) is 0 Å². The van der Waals surface area contributed by atoms with Gasteiger partial charge in [0.2, 0.25) is 17.7 Å². The molecule has 5 amide bonds. The third kappa shape index (κ3) is 4.27. The molecule has 8 heteroatoms. The Morgan fingerprint density at radius 1 is 1.27 bits per heavy atom. The van der Waals surface area contributed by atoms with Crippen molar-refractivity contribution in [1.29, 1.82) is 0 Å². The standard InChI is InChI=1S/C18H22N4O4/c1-4-16(24)19-9-8-17(25)20-14-6-5-7-15(12(14)2)22-11-10-21(13(3)23)18(22)26/h4-7H,1,8-11H2,2-3H3,(H,19,24)(H,20,25). The molecule has 0 aromatic heterocycles. The number of benzene rings is 1. The molecule has 2 rings (SSSR count). The van der Waals surface area contributed by atoms with Crippen molar-refractivity contribution in [1.82, 2.24) is 10.2 Å². The molecule has 0 atom stereocenters. The second-order valence-electron chi connectivity index (χ2n) is 5.85. The van der Waals surface area contributed by atoms with Gasteiger partial charge in [0.15, 0.2) is 0 Å². The van der Waals surface area contributed by atoms with E-state index in [1.54, 1.807) is 25.1 Å². The van der Waals surface area contributed by atoms with Crippen LogP contribution in [-0.4, -0.2) is 48.3 Å². The third-order valence-corrected chi connectivity index (χ3v) is 4.10. The molecule has 26 heavy (non-hydrogen) atoms. The molecule has 0 radical (unpaired) electrons. The van der Waals surface area contributed by atoms with Crippen LogP contribution in [0.25, 0.3) is 0 Å². The van der Waals surface area contributed by atoms with Gasteiger partial charge in [-0.15, -0.1) is 0 Å². The van der Waals surface area contributed by atoms with E-state index >= 15 is 0 Å². The highest BCUT2D eigenvalue weighted by Crippen LogP contribution is 2.29.